The van der Waals surface area contributed by atoms with Gasteiger partial charge in [-0.1, -0.05) is 6.07 Å². The Bertz CT molecular complexity index is 884. The number of hydrogen-bond donors (Lipinski definition) is 1. The largest absolute Gasteiger partial charge is 0.279 e. The SMILES string of the molecule is CS(=O)(=O)N(c1ccc(NS(=O)(=O)c2cccs2)cc1)C1CC1. The summed E-state index contributed by atoms with van der Waals surface area (Å²) >= 11 is 1.13. The molecule has 0 spiro atoms. The maximum atomic E-state index is 12.2. The Morgan fingerprint density at radius 1 is 1.09 bits per heavy atom. The summed E-state index contributed by atoms with van der Waals surface area (Å²) in [5, 5.41) is 1.69. The monoisotopic (exact) mass is 372 g/mol. The summed E-state index contributed by atoms with van der Waals surface area (Å²) in [4.78, 5) is 0. The fraction of sp³-hybridized carbons (Fsp3) is 0.286. The summed E-state index contributed by atoms with van der Waals surface area (Å²) in [6.07, 6.45) is 2.87. The molecule has 0 atom stereocenters. The molecule has 124 valence electrons. The molecule has 1 aliphatic rings. The van der Waals surface area contributed by atoms with E-state index in [-0.39, 0.29) is 10.3 Å². The van der Waals surface area contributed by atoms with E-state index in [1.807, 2.05) is 0 Å². The van der Waals surface area contributed by atoms with Crippen molar-refractivity contribution < 1.29 is 16.8 Å². The Morgan fingerprint density at radius 2 is 1.74 bits per heavy atom. The summed E-state index contributed by atoms with van der Waals surface area (Å²) in [5.74, 6) is 0. The van der Waals surface area contributed by atoms with Crippen LogP contribution in [0.15, 0.2) is 46.0 Å². The molecule has 1 fully saturated rings. The zero-order valence-electron chi connectivity index (χ0n) is 12.3. The van der Waals surface area contributed by atoms with E-state index in [1.54, 1.807) is 35.7 Å². The first-order valence-corrected chi connectivity index (χ1v) is 11.1. The fourth-order valence-corrected chi connectivity index (χ4v) is 5.59. The molecular formula is C14H16N2O4S3. The van der Waals surface area contributed by atoms with Gasteiger partial charge in [-0.25, -0.2) is 16.8 Å². The van der Waals surface area contributed by atoms with Crippen molar-refractivity contribution in [1.82, 2.24) is 0 Å². The van der Waals surface area contributed by atoms with Gasteiger partial charge >= 0.3 is 0 Å². The van der Waals surface area contributed by atoms with Crippen LogP contribution in [0, 0.1) is 0 Å². The van der Waals surface area contributed by atoms with Crippen molar-refractivity contribution in [1.29, 1.82) is 0 Å². The van der Waals surface area contributed by atoms with Crippen LogP contribution in [0.1, 0.15) is 12.8 Å². The van der Waals surface area contributed by atoms with Crippen LogP contribution in [0.5, 0.6) is 0 Å². The Morgan fingerprint density at radius 3 is 2.22 bits per heavy atom. The zero-order chi connectivity index (χ0) is 16.7. The maximum absolute atomic E-state index is 12.2. The molecule has 0 unspecified atom stereocenters. The van der Waals surface area contributed by atoms with Crippen molar-refractivity contribution in [2.75, 3.05) is 15.3 Å². The molecule has 1 saturated carbocycles. The molecule has 0 radical (unpaired) electrons. The van der Waals surface area contributed by atoms with Crippen molar-refractivity contribution in [3.63, 3.8) is 0 Å². The molecule has 2 aromatic rings. The molecule has 0 aliphatic heterocycles. The fourth-order valence-electron chi connectivity index (χ4n) is 2.28. The number of thiophene rings is 1. The van der Waals surface area contributed by atoms with E-state index >= 15 is 0 Å². The first kappa shape index (κ1) is 16.3. The van der Waals surface area contributed by atoms with Gasteiger partial charge in [-0.15, -0.1) is 11.3 Å². The first-order chi connectivity index (χ1) is 10.8. The maximum Gasteiger partial charge on any atom is 0.271 e. The highest BCUT2D eigenvalue weighted by Crippen LogP contribution is 2.34. The molecule has 1 aromatic carbocycles. The van der Waals surface area contributed by atoms with E-state index in [0.29, 0.717) is 11.4 Å². The van der Waals surface area contributed by atoms with E-state index in [1.165, 1.54) is 16.6 Å². The molecule has 1 heterocycles. The lowest BCUT2D eigenvalue weighted by Crippen LogP contribution is -2.31. The van der Waals surface area contributed by atoms with E-state index in [2.05, 4.69) is 4.72 Å². The van der Waals surface area contributed by atoms with Gasteiger partial charge in [0.2, 0.25) is 10.0 Å². The highest BCUT2D eigenvalue weighted by atomic mass is 32.2. The minimum atomic E-state index is -3.60. The lowest BCUT2D eigenvalue weighted by atomic mass is 10.3. The van der Waals surface area contributed by atoms with Crippen LogP contribution >= 0.6 is 11.3 Å². The highest BCUT2D eigenvalue weighted by Gasteiger charge is 2.35. The number of sulfonamides is 2. The van der Waals surface area contributed by atoms with Gasteiger partial charge in [0, 0.05) is 11.7 Å². The minimum Gasteiger partial charge on any atom is -0.279 e. The molecule has 1 N–H and O–H groups in total. The van der Waals surface area contributed by atoms with Crippen molar-refractivity contribution in [3.05, 3.63) is 41.8 Å². The molecule has 1 aromatic heterocycles. The van der Waals surface area contributed by atoms with Gasteiger partial charge in [0.05, 0.1) is 11.9 Å². The number of nitrogens with one attached hydrogen (secondary N) is 1. The van der Waals surface area contributed by atoms with Crippen LogP contribution in [-0.2, 0) is 20.0 Å². The average molecular weight is 372 g/mol. The second-order valence-electron chi connectivity index (χ2n) is 5.37. The van der Waals surface area contributed by atoms with Crippen LogP contribution in [0.25, 0.3) is 0 Å². The van der Waals surface area contributed by atoms with Gasteiger partial charge in [0.1, 0.15) is 4.21 Å². The number of hydrogen-bond acceptors (Lipinski definition) is 5. The Balaban J connectivity index is 1.82. The first-order valence-electron chi connectivity index (χ1n) is 6.93. The lowest BCUT2D eigenvalue weighted by molar-refractivity contribution is 0.595. The third-order valence-corrected chi connectivity index (χ3v) is 7.37. The van der Waals surface area contributed by atoms with Crippen LogP contribution in [0.3, 0.4) is 0 Å². The van der Waals surface area contributed by atoms with Crippen molar-refractivity contribution in [2.24, 2.45) is 0 Å². The smallest absolute Gasteiger partial charge is 0.271 e. The second-order valence-corrected chi connectivity index (χ2v) is 10.1. The summed E-state index contributed by atoms with van der Waals surface area (Å²) in [7, 11) is -6.94. The van der Waals surface area contributed by atoms with Gasteiger partial charge in [-0.05, 0) is 48.6 Å². The van der Waals surface area contributed by atoms with E-state index in [9.17, 15) is 16.8 Å². The predicted octanol–water partition coefficient (Wildman–Crippen LogP) is 2.48. The van der Waals surface area contributed by atoms with Gasteiger partial charge in [-0.3, -0.25) is 9.03 Å². The summed E-state index contributed by atoms with van der Waals surface area (Å²) in [6.45, 7) is 0. The topological polar surface area (TPSA) is 83.6 Å². The number of anilines is 2. The van der Waals surface area contributed by atoms with E-state index in [4.69, 9.17) is 0 Å². The Kier molecular flexibility index (Phi) is 4.11. The molecule has 6 nitrogen and oxygen atoms in total. The van der Waals surface area contributed by atoms with Crippen LogP contribution in [-0.4, -0.2) is 29.1 Å². The predicted molar refractivity (Wildman–Crippen MR) is 91.9 cm³/mol. The molecule has 9 heteroatoms. The van der Waals surface area contributed by atoms with Crippen molar-refractivity contribution in [3.8, 4) is 0 Å². The van der Waals surface area contributed by atoms with Crippen LogP contribution < -0.4 is 9.03 Å². The van der Waals surface area contributed by atoms with Crippen LogP contribution in [0.4, 0.5) is 11.4 Å². The Labute approximate surface area is 139 Å². The molecule has 1 aliphatic carbocycles. The van der Waals surface area contributed by atoms with Gasteiger partial charge in [0.25, 0.3) is 10.0 Å². The lowest BCUT2D eigenvalue weighted by Gasteiger charge is -2.22. The summed E-state index contributed by atoms with van der Waals surface area (Å²) < 4.78 is 52.2. The third kappa shape index (κ3) is 3.67. The van der Waals surface area contributed by atoms with Crippen molar-refractivity contribution in [2.45, 2.75) is 23.1 Å². The van der Waals surface area contributed by atoms with Crippen molar-refractivity contribution >= 4 is 42.8 Å². The van der Waals surface area contributed by atoms with Gasteiger partial charge < -0.3 is 0 Å². The quantitative estimate of drug-likeness (QED) is 0.844. The third-order valence-electron chi connectivity index (χ3n) is 3.37. The molecule has 0 bridgehead atoms. The van der Waals surface area contributed by atoms with Gasteiger partial charge in [0.15, 0.2) is 0 Å². The molecule has 23 heavy (non-hydrogen) atoms. The molecule has 0 amide bonds. The number of benzene rings is 1. The molecule has 3 rings (SSSR count). The van der Waals surface area contributed by atoms with Gasteiger partial charge in [-0.2, -0.15) is 0 Å². The average Bonchev–Trinajstić information content (AvgIpc) is 3.10. The number of rotatable bonds is 6. The highest BCUT2D eigenvalue weighted by molar-refractivity contribution is 7.94. The molecular weight excluding hydrogens is 356 g/mol. The van der Waals surface area contributed by atoms with E-state index < -0.39 is 20.0 Å². The second kappa shape index (κ2) is 5.81. The normalized spacial score (nSPS) is 15.3. The van der Waals surface area contributed by atoms with E-state index in [0.717, 1.165) is 24.2 Å². The Hall–Kier alpha value is -1.58. The number of nitrogens with zero attached hydrogens (tertiary/aromatic N) is 1. The summed E-state index contributed by atoms with van der Waals surface area (Å²) in [6, 6.07) is 9.58. The summed E-state index contributed by atoms with van der Waals surface area (Å²) in [5.41, 5.74) is 0.945. The molecule has 0 saturated heterocycles. The standard InChI is InChI=1S/C14H16N2O4S3/c1-22(17,18)16(13-8-9-13)12-6-4-11(5-7-12)15-23(19,20)14-3-2-10-21-14/h2-7,10,13,15H,8-9H2,1H3. The van der Waals surface area contributed by atoms with Crippen LogP contribution in [0.2, 0.25) is 0 Å². The zero-order valence-corrected chi connectivity index (χ0v) is 14.8. The minimum absolute atomic E-state index is 0.0126.